The molecule has 0 aromatic heterocycles. The van der Waals surface area contributed by atoms with Crippen molar-refractivity contribution in [3.63, 3.8) is 0 Å². The lowest BCUT2D eigenvalue weighted by atomic mass is 9.94. The van der Waals surface area contributed by atoms with Crippen molar-refractivity contribution >= 4 is 15.9 Å². The quantitative estimate of drug-likeness (QED) is 0.642. The first kappa shape index (κ1) is 15.2. The summed E-state index contributed by atoms with van der Waals surface area (Å²) in [6, 6.07) is 13.1. The molecule has 4 heteroatoms. The van der Waals surface area contributed by atoms with Crippen molar-refractivity contribution in [3.05, 3.63) is 69.4 Å². The molecular weight excluding hydrogens is 319 g/mol. The van der Waals surface area contributed by atoms with Crippen LogP contribution in [-0.2, 0) is 12.8 Å². The van der Waals surface area contributed by atoms with E-state index in [9.17, 15) is 4.39 Å². The summed E-state index contributed by atoms with van der Waals surface area (Å²) < 4.78 is 14.7. The van der Waals surface area contributed by atoms with Crippen LogP contribution < -0.4 is 11.3 Å². The van der Waals surface area contributed by atoms with Gasteiger partial charge in [0.2, 0.25) is 0 Å². The molecule has 1 atom stereocenters. The number of hydrogen-bond donors (Lipinski definition) is 2. The van der Waals surface area contributed by atoms with Gasteiger partial charge in [-0.3, -0.25) is 11.3 Å². The average molecular weight is 337 g/mol. The molecule has 0 bridgehead atoms. The molecule has 2 nitrogen and oxygen atoms in total. The monoisotopic (exact) mass is 336 g/mol. The summed E-state index contributed by atoms with van der Waals surface area (Å²) in [6.45, 7) is 2.10. The first-order chi connectivity index (χ1) is 9.65. The van der Waals surface area contributed by atoms with Crippen molar-refractivity contribution in [3.8, 4) is 0 Å². The number of hydrazine groups is 1. The second-order valence-electron chi connectivity index (χ2n) is 4.71. The molecule has 0 aliphatic carbocycles. The molecular formula is C16H18BrFN2. The number of nitrogens with one attached hydrogen (secondary N) is 1. The maximum atomic E-state index is 13.9. The Hall–Kier alpha value is -1.23. The number of aryl methyl sites for hydroxylation is 1. The van der Waals surface area contributed by atoms with Gasteiger partial charge in [-0.25, -0.2) is 4.39 Å². The van der Waals surface area contributed by atoms with Crippen LogP contribution in [0, 0.1) is 5.82 Å². The second kappa shape index (κ2) is 6.97. The van der Waals surface area contributed by atoms with Crippen molar-refractivity contribution in [2.24, 2.45) is 5.84 Å². The van der Waals surface area contributed by atoms with E-state index in [0.717, 1.165) is 16.5 Å². The summed E-state index contributed by atoms with van der Waals surface area (Å²) in [4.78, 5) is 0. The third-order valence-electron chi connectivity index (χ3n) is 3.45. The predicted octanol–water partition coefficient (Wildman–Crippen LogP) is 3.90. The van der Waals surface area contributed by atoms with Gasteiger partial charge in [0.25, 0.3) is 0 Å². The Morgan fingerprint density at radius 3 is 2.60 bits per heavy atom. The molecule has 0 saturated carbocycles. The van der Waals surface area contributed by atoms with Crippen molar-refractivity contribution in [1.82, 2.24) is 5.43 Å². The SMILES string of the molecule is CCc1ccccc1C(Cc1ccc(Br)cc1F)NN. The van der Waals surface area contributed by atoms with E-state index in [1.54, 1.807) is 6.07 Å². The van der Waals surface area contributed by atoms with Crippen molar-refractivity contribution in [2.45, 2.75) is 25.8 Å². The Labute approximate surface area is 127 Å². The topological polar surface area (TPSA) is 38.0 Å². The third kappa shape index (κ3) is 3.45. The molecule has 0 aliphatic rings. The van der Waals surface area contributed by atoms with Crippen LogP contribution in [0.15, 0.2) is 46.9 Å². The van der Waals surface area contributed by atoms with Crippen molar-refractivity contribution in [1.29, 1.82) is 0 Å². The minimum atomic E-state index is -0.214. The number of halogens is 2. The van der Waals surface area contributed by atoms with Gasteiger partial charge < -0.3 is 0 Å². The van der Waals surface area contributed by atoms with Crippen LogP contribution in [0.3, 0.4) is 0 Å². The summed E-state index contributed by atoms with van der Waals surface area (Å²) in [7, 11) is 0. The highest BCUT2D eigenvalue weighted by Crippen LogP contribution is 2.24. The minimum absolute atomic E-state index is 0.0955. The van der Waals surface area contributed by atoms with E-state index in [0.29, 0.717) is 12.0 Å². The van der Waals surface area contributed by atoms with Gasteiger partial charge in [0.1, 0.15) is 5.82 Å². The summed E-state index contributed by atoms with van der Waals surface area (Å²) >= 11 is 3.27. The van der Waals surface area contributed by atoms with E-state index < -0.39 is 0 Å². The molecule has 0 radical (unpaired) electrons. The van der Waals surface area contributed by atoms with Crippen LogP contribution in [0.25, 0.3) is 0 Å². The highest BCUT2D eigenvalue weighted by molar-refractivity contribution is 9.10. The standard InChI is InChI=1S/C16H18BrFN2/c1-2-11-5-3-4-6-14(11)16(20-19)9-12-7-8-13(17)10-15(12)18/h3-8,10,16,20H,2,9,19H2,1H3. The lowest BCUT2D eigenvalue weighted by Gasteiger charge is -2.20. The molecule has 2 rings (SSSR count). The van der Waals surface area contributed by atoms with Crippen molar-refractivity contribution in [2.75, 3.05) is 0 Å². The Morgan fingerprint density at radius 1 is 1.20 bits per heavy atom. The molecule has 0 spiro atoms. The van der Waals surface area contributed by atoms with Gasteiger partial charge in [-0.2, -0.15) is 0 Å². The van der Waals surface area contributed by atoms with Crippen LogP contribution in [0.1, 0.15) is 29.7 Å². The molecule has 20 heavy (non-hydrogen) atoms. The summed E-state index contributed by atoms with van der Waals surface area (Å²) in [5.74, 6) is 5.46. The third-order valence-corrected chi connectivity index (χ3v) is 3.94. The molecule has 1 unspecified atom stereocenters. The lowest BCUT2D eigenvalue weighted by Crippen LogP contribution is -2.30. The number of hydrogen-bond acceptors (Lipinski definition) is 2. The Morgan fingerprint density at radius 2 is 1.95 bits per heavy atom. The smallest absolute Gasteiger partial charge is 0.127 e. The van der Waals surface area contributed by atoms with Crippen LogP contribution in [0.2, 0.25) is 0 Å². The molecule has 3 N–H and O–H groups in total. The minimum Gasteiger partial charge on any atom is -0.271 e. The summed E-state index contributed by atoms with van der Waals surface area (Å²) in [5.41, 5.74) is 5.81. The fraction of sp³-hybridized carbons (Fsp3) is 0.250. The number of benzene rings is 2. The highest BCUT2D eigenvalue weighted by Gasteiger charge is 2.15. The van der Waals surface area contributed by atoms with Crippen LogP contribution in [0.5, 0.6) is 0 Å². The Kier molecular flexibility index (Phi) is 5.29. The number of nitrogens with two attached hydrogens (primary N) is 1. The zero-order chi connectivity index (χ0) is 14.5. The van der Waals surface area contributed by atoms with Gasteiger partial charge in [-0.05, 0) is 41.7 Å². The van der Waals surface area contributed by atoms with Crippen LogP contribution in [0.4, 0.5) is 4.39 Å². The lowest BCUT2D eigenvalue weighted by molar-refractivity contribution is 0.526. The molecule has 0 heterocycles. The van der Waals surface area contributed by atoms with Gasteiger partial charge >= 0.3 is 0 Å². The molecule has 2 aromatic carbocycles. The highest BCUT2D eigenvalue weighted by atomic mass is 79.9. The van der Waals surface area contributed by atoms with Gasteiger partial charge in [-0.1, -0.05) is 53.2 Å². The van der Waals surface area contributed by atoms with Gasteiger partial charge in [-0.15, -0.1) is 0 Å². The summed E-state index contributed by atoms with van der Waals surface area (Å²) in [5, 5.41) is 0. The first-order valence-electron chi connectivity index (χ1n) is 6.63. The summed E-state index contributed by atoms with van der Waals surface area (Å²) in [6.07, 6.45) is 1.45. The van der Waals surface area contributed by atoms with E-state index in [1.807, 2.05) is 24.3 Å². The maximum absolute atomic E-state index is 13.9. The first-order valence-corrected chi connectivity index (χ1v) is 7.42. The molecule has 0 amide bonds. The van der Waals surface area contributed by atoms with Gasteiger partial charge in [0, 0.05) is 4.47 Å². The fourth-order valence-electron chi connectivity index (χ4n) is 2.36. The zero-order valence-corrected chi connectivity index (χ0v) is 13.0. The largest absolute Gasteiger partial charge is 0.271 e. The van der Waals surface area contributed by atoms with Crippen LogP contribution in [-0.4, -0.2) is 0 Å². The normalized spacial score (nSPS) is 12.4. The van der Waals surface area contributed by atoms with Gasteiger partial charge in [0.05, 0.1) is 6.04 Å². The van der Waals surface area contributed by atoms with E-state index in [4.69, 9.17) is 5.84 Å². The molecule has 0 saturated heterocycles. The van der Waals surface area contributed by atoms with E-state index >= 15 is 0 Å². The zero-order valence-electron chi connectivity index (χ0n) is 11.4. The number of rotatable bonds is 5. The second-order valence-corrected chi connectivity index (χ2v) is 5.63. The molecule has 106 valence electrons. The Bertz CT molecular complexity index is 586. The average Bonchev–Trinajstić information content (AvgIpc) is 2.46. The molecule has 2 aromatic rings. The van der Waals surface area contributed by atoms with Crippen molar-refractivity contribution < 1.29 is 4.39 Å². The Balaban J connectivity index is 2.29. The van der Waals surface area contributed by atoms with E-state index in [2.05, 4.69) is 34.3 Å². The van der Waals surface area contributed by atoms with E-state index in [-0.39, 0.29) is 11.9 Å². The predicted molar refractivity (Wildman–Crippen MR) is 83.7 cm³/mol. The fourth-order valence-corrected chi connectivity index (χ4v) is 2.70. The van der Waals surface area contributed by atoms with Crippen LogP contribution >= 0.6 is 15.9 Å². The van der Waals surface area contributed by atoms with E-state index in [1.165, 1.54) is 11.6 Å². The maximum Gasteiger partial charge on any atom is 0.127 e. The van der Waals surface area contributed by atoms with Gasteiger partial charge in [0.15, 0.2) is 0 Å². The molecule has 0 aliphatic heterocycles. The molecule has 0 fully saturated rings.